The Kier molecular flexibility index (Phi) is 6.55. The van der Waals surface area contributed by atoms with Gasteiger partial charge in [-0.2, -0.15) is 0 Å². The Morgan fingerprint density at radius 1 is 1.20 bits per heavy atom. The van der Waals surface area contributed by atoms with E-state index < -0.39 is 0 Å². The first kappa shape index (κ1) is 19.0. The van der Waals surface area contributed by atoms with Crippen LogP contribution < -0.4 is 16.0 Å². The van der Waals surface area contributed by atoms with Crippen molar-refractivity contribution in [2.24, 2.45) is 5.92 Å². The zero-order valence-corrected chi connectivity index (χ0v) is 14.7. The van der Waals surface area contributed by atoms with E-state index in [0.717, 1.165) is 25.9 Å². The monoisotopic (exact) mass is 364 g/mol. The molecule has 0 saturated carbocycles. The van der Waals surface area contributed by atoms with Crippen LogP contribution in [0.4, 0.5) is 11.4 Å². The molecule has 134 valence electrons. The van der Waals surface area contributed by atoms with Crippen molar-refractivity contribution in [3.05, 3.63) is 41.8 Å². The number of carbonyl (C=O) groups is 2. The van der Waals surface area contributed by atoms with Crippen LogP contribution in [0.2, 0.25) is 0 Å². The van der Waals surface area contributed by atoms with Gasteiger partial charge in [0.15, 0.2) is 0 Å². The predicted molar refractivity (Wildman–Crippen MR) is 97.1 cm³/mol. The maximum Gasteiger partial charge on any atom is 0.260 e. The molecule has 0 radical (unpaired) electrons. The van der Waals surface area contributed by atoms with E-state index in [1.165, 1.54) is 6.20 Å². The number of piperidine rings is 1. The lowest BCUT2D eigenvalue weighted by Gasteiger charge is -2.21. The average Bonchev–Trinajstić information content (AvgIpc) is 3.03. The molecule has 0 spiro atoms. The molecular weight excluding hydrogens is 344 g/mol. The van der Waals surface area contributed by atoms with Crippen LogP contribution in [0.3, 0.4) is 0 Å². The highest BCUT2D eigenvalue weighted by Crippen LogP contribution is 2.18. The Morgan fingerprint density at radius 2 is 1.88 bits per heavy atom. The number of carbonyl (C=O) groups excluding carboxylic acids is 2. The van der Waals surface area contributed by atoms with E-state index in [4.69, 9.17) is 4.52 Å². The van der Waals surface area contributed by atoms with Crippen LogP contribution in [-0.4, -0.2) is 30.1 Å². The summed E-state index contributed by atoms with van der Waals surface area (Å²) in [6, 6.07) is 7.03. The van der Waals surface area contributed by atoms with Crippen LogP contribution in [0.5, 0.6) is 0 Å². The van der Waals surface area contributed by atoms with E-state index in [-0.39, 0.29) is 30.1 Å². The summed E-state index contributed by atoms with van der Waals surface area (Å²) in [5.41, 5.74) is 1.75. The lowest BCUT2D eigenvalue weighted by Crippen LogP contribution is -2.37. The number of aryl methyl sites for hydroxylation is 1. The summed E-state index contributed by atoms with van der Waals surface area (Å²) in [5.74, 6) is 0.227. The summed E-state index contributed by atoms with van der Waals surface area (Å²) >= 11 is 0. The fraction of sp³-hybridized carbons (Fsp3) is 0.353. The van der Waals surface area contributed by atoms with E-state index in [9.17, 15) is 9.59 Å². The molecule has 2 amide bonds. The van der Waals surface area contributed by atoms with Gasteiger partial charge in [-0.15, -0.1) is 12.4 Å². The second-order valence-electron chi connectivity index (χ2n) is 5.86. The molecule has 1 aliphatic rings. The van der Waals surface area contributed by atoms with Crippen molar-refractivity contribution < 1.29 is 14.1 Å². The molecule has 1 saturated heterocycles. The number of amides is 2. The van der Waals surface area contributed by atoms with Gasteiger partial charge in [-0.1, -0.05) is 5.16 Å². The van der Waals surface area contributed by atoms with Crippen LogP contribution in [0.15, 0.2) is 35.0 Å². The van der Waals surface area contributed by atoms with Crippen molar-refractivity contribution in [1.29, 1.82) is 0 Å². The van der Waals surface area contributed by atoms with Gasteiger partial charge < -0.3 is 20.5 Å². The average molecular weight is 365 g/mol. The number of nitrogens with one attached hydrogen (secondary N) is 3. The van der Waals surface area contributed by atoms with Gasteiger partial charge in [0.05, 0.1) is 12.1 Å². The fourth-order valence-electron chi connectivity index (χ4n) is 2.67. The molecule has 0 bridgehead atoms. The van der Waals surface area contributed by atoms with Gasteiger partial charge in [-0.05, 0) is 50.6 Å². The van der Waals surface area contributed by atoms with Gasteiger partial charge in [0.25, 0.3) is 5.91 Å². The summed E-state index contributed by atoms with van der Waals surface area (Å²) in [7, 11) is 0. The second-order valence-corrected chi connectivity index (χ2v) is 5.86. The maximum atomic E-state index is 12.2. The van der Waals surface area contributed by atoms with Crippen LogP contribution >= 0.6 is 12.4 Å². The molecule has 25 heavy (non-hydrogen) atoms. The molecule has 3 rings (SSSR count). The summed E-state index contributed by atoms with van der Waals surface area (Å²) in [6.45, 7) is 3.38. The van der Waals surface area contributed by atoms with Gasteiger partial charge in [0.1, 0.15) is 11.3 Å². The van der Waals surface area contributed by atoms with Crippen molar-refractivity contribution in [3.63, 3.8) is 0 Å². The highest BCUT2D eigenvalue weighted by Gasteiger charge is 2.20. The molecule has 3 N–H and O–H groups in total. The van der Waals surface area contributed by atoms with E-state index in [1.807, 2.05) is 0 Å². The smallest absolute Gasteiger partial charge is 0.260 e. The number of aromatic nitrogens is 1. The summed E-state index contributed by atoms with van der Waals surface area (Å²) < 4.78 is 4.88. The van der Waals surface area contributed by atoms with E-state index >= 15 is 0 Å². The number of anilines is 2. The van der Waals surface area contributed by atoms with Crippen LogP contribution in [0, 0.1) is 12.8 Å². The summed E-state index contributed by atoms with van der Waals surface area (Å²) in [5, 5.41) is 12.5. The molecule has 0 aliphatic carbocycles. The topological polar surface area (TPSA) is 96.3 Å². The molecule has 2 heterocycles. The standard InChI is InChI=1S/C17H20N4O3.ClH/c1-11-15(10-19-24-11)17(23)21-14-6-4-13(5-7-14)20-16(22)12-3-2-8-18-9-12;/h4-7,10,12,18H,2-3,8-9H2,1H3,(H,20,22)(H,21,23);1H. The highest BCUT2D eigenvalue weighted by molar-refractivity contribution is 6.04. The van der Waals surface area contributed by atoms with Crippen LogP contribution in [0.1, 0.15) is 29.0 Å². The normalized spacial score (nSPS) is 16.6. The quantitative estimate of drug-likeness (QED) is 0.774. The van der Waals surface area contributed by atoms with Crippen molar-refractivity contribution in [2.75, 3.05) is 23.7 Å². The molecule has 8 heteroatoms. The van der Waals surface area contributed by atoms with E-state index in [2.05, 4.69) is 21.1 Å². The highest BCUT2D eigenvalue weighted by atomic mass is 35.5. The van der Waals surface area contributed by atoms with Crippen molar-refractivity contribution >= 4 is 35.6 Å². The second kappa shape index (κ2) is 8.64. The molecule has 1 aromatic carbocycles. The lowest BCUT2D eigenvalue weighted by atomic mass is 9.99. The molecular formula is C17H21ClN4O3. The Hall–Kier alpha value is -2.38. The zero-order valence-electron chi connectivity index (χ0n) is 13.9. The number of hydrogen-bond donors (Lipinski definition) is 3. The summed E-state index contributed by atoms with van der Waals surface area (Å²) in [4.78, 5) is 24.3. The maximum absolute atomic E-state index is 12.2. The predicted octanol–water partition coefficient (Wildman–Crippen LogP) is 2.60. The number of rotatable bonds is 4. The molecule has 7 nitrogen and oxygen atoms in total. The SMILES string of the molecule is Cc1oncc1C(=O)Nc1ccc(NC(=O)C2CCCNC2)cc1.Cl. The fourth-order valence-corrected chi connectivity index (χ4v) is 2.67. The Bertz CT molecular complexity index is 724. The first-order chi connectivity index (χ1) is 11.6. The number of nitrogens with zero attached hydrogens (tertiary/aromatic N) is 1. The number of benzene rings is 1. The third-order valence-electron chi connectivity index (χ3n) is 4.07. The van der Waals surface area contributed by atoms with Crippen molar-refractivity contribution in [3.8, 4) is 0 Å². The molecule has 2 aromatic rings. The minimum Gasteiger partial charge on any atom is -0.361 e. The molecule has 1 unspecified atom stereocenters. The Labute approximate surface area is 151 Å². The minimum atomic E-state index is -0.279. The molecule has 1 atom stereocenters. The first-order valence-electron chi connectivity index (χ1n) is 7.98. The van der Waals surface area contributed by atoms with Gasteiger partial charge >= 0.3 is 0 Å². The van der Waals surface area contributed by atoms with E-state index in [1.54, 1.807) is 31.2 Å². The lowest BCUT2D eigenvalue weighted by molar-refractivity contribution is -0.120. The molecule has 1 aromatic heterocycles. The van der Waals surface area contributed by atoms with Gasteiger partial charge in [-0.25, -0.2) is 0 Å². The first-order valence-corrected chi connectivity index (χ1v) is 7.98. The minimum absolute atomic E-state index is 0. The Balaban J connectivity index is 0.00000225. The van der Waals surface area contributed by atoms with Gasteiger partial charge in [-0.3, -0.25) is 9.59 Å². The third-order valence-corrected chi connectivity index (χ3v) is 4.07. The Morgan fingerprint density at radius 3 is 2.44 bits per heavy atom. The largest absolute Gasteiger partial charge is 0.361 e. The number of halogens is 1. The van der Waals surface area contributed by atoms with Gasteiger partial charge in [0, 0.05) is 17.9 Å². The van der Waals surface area contributed by atoms with Crippen LogP contribution in [0.25, 0.3) is 0 Å². The third kappa shape index (κ3) is 4.80. The van der Waals surface area contributed by atoms with Gasteiger partial charge in [0.2, 0.25) is 5.91 Å². The molecule has 1 aliphatic heterocycles. The van der Waals surface area contributed by atoms with Crippen LogP contribution in [-0.2, 0) is 4.79 Å². The van der Waals surface area contributed by atoms with Crippen molar-refractivity contribution in [1.82, 2.24) is 10.5 Å². The van der Waals surface area contributed by atoms with E-state index in [0.29, 0.717) is 22.7 Å². The summed E-state index contributed by atoms with van der Waals surface area (Å²) in [6.07, 6.45) is 3.31. The number of hydrogen-bond acceptors (Lipinski definition) is 5. The van der Waals surface area contributed by atoms with Crippen molar-refractivity contribution in [2.45, 2.75) is 19.8 Å². The molecule has 1 fully saturated rings. The zero-order chi connectivity index (χ0) is 16.9.